The number of carbonyl (C=O) groups excluding carboxylic acids is 1. The van der Waals surface area contributed by atoms with Gasteiger partial charge in [0.05, 0.1) is 30.6 Å². The Labute approximate surface area is 116 Å². The number of hydrogen-bond donors (Lipinski definition) is 3. The lowest BCUT2D eigenvalue weighted by Gasteiger charge is -2.25. The molecule has 2 unspecified atom stereocenters. The minimum Gasteiger partial charge on any atom is -0.481 e. The summed E-state index contributed by atoms with van der Waals surface area (Å²) in [6.07, 6.45) is 1.63. The minimum atomic E-state index is -1.11. The molecule has 2 atom stereocenters. The maximum Gasteiger partial charge on any atom is 0.319 e. The van der Waals surface area contributed by atoms with Gasteiger partial charge in [-0.1, -0.05) is 0 Å². The molecule has 108 valence electrons. The summed E-state index contributed by atoms with van der Waals surface area (Å²) < 4.78 is 5.17. The van der Waals surface area contributed by atoms with Crippen molar-refractivity contribution in [3.8, 4) is 0 Å². The van der Waals surface area contributed by atoms with E-state index in [0.717, 1.165) is 0 Å². The molecule has 0 saturated carbocycles. The van der Waals surface area contributed by atoms with Crippen LogP contribution in [-0.4, -0.2) is 41.3 Å². The molecule has 20 heavy (non-hydrogen) atoms. The first-order valence-corrected chi connectivity index (χ1v) is 6.24. The van der Waals surface area contributed by atoms with Crippen LogP contribution in [0.3, 0.4) is 0 Å². The van der Waals surface area contributed by atoms with Gasteiger partial charge in [0.1, 0.15) is 5.41 Å². The number of aryl methyl sites for hydroxylation is 1. The monoisotopic (exact) mass is 279 g/mol. The van der Waals surface area contributed by atoms with Crippen molar-refractivity contribution in [3.05, 3.63) is 24.0 Å². The Morgan fingerprint density at radius 2 is 2.30 bits per heavy atom. The van der Waals surface area contributed by atoms with E-state index in [2.05, 4.69) is 15.6 Å². The average molecular weight is 279 g/mol. The van der Waals surface area contributed by atoms with Crippen LogP contribution in [0, 0.1) is 12.3 Å². The fourth-order valence-corrected chi connectivity index (χ4v) is 2.02. The Bertz CT molecular complexity index is 534. The van der Waals surface area contributed by atoms with Crippen LogP contribution >= 0.6 is 0 Å². The zero-order chi connectivity index (χ0) is 14.8. The van der Waals surface area contributed by atoms with Crippen molar-refractivity contribution in [3.63, 3.8) is 0 Å². The number of nitrogens with one attached hydrogen (secondary N) is 2. The molecule has 0 radical (unpaired) electrons. The van der Waals surface area contributed by atoms with E-state index in [0.29, 0.717) is 11.4 Å². The predicted molar refractivity (Wildman–Crippen MR) is 71.5 cm³/mol. The van der Waals surface area contributed by atoms with Gasteiger partial charge in [-0.05, 0) is 26.0 Å². The summed E-state index contributed by atoms with van der Waals surface area (Å²) in [4.78, 5) is 27.3. The highest BCUT2D eigenvalue weighted by Crippen LogP contribution is 2.28. The highest BCUT2D eigenvalue weighted by Gasteiger charge is 2.47. The summed E-state index contributed by atoms with van der Waals surface area (Å²) in [5.74, 6) is -0.988. The summed E-state index contributed by atoms with van der Waals surface area (Å²) in [6, 6.07) is 2.40. The maximum absolute atomic E-state index is 11.9. The molecule has 2 amide bonds. The molecular weight excluding hydrogens is 262 g/mol. The van der Waals surface area contributed by atoms with Crippen LogP contribution in [0.2, 0.25) is 0 Å². The van der Waals surface area contributed by atoms with Gasteiger partial charge in [-0.3, -0.25) is 9.78 Å². The lowest BCUT2D eigenvalue weighted by atomic mass is 9.85. The van der Waals surface area contributed by atoms with E-state index >= 15 is 0 Å². The van der Waals surface area contributed by atoms with Crippen LogP contribution in [0.25, 0.3) is 0 Å². The smallest absolute Gasteiger partial charge is 0.319 e. The zero-order valence-corrected chi connectivity index (χ0v) is 11.3. The molecule has 3 N–H and O–H groups in total. The van der Waals surface area contributed by atoms with Crippen LogP contribution in [0.5, 0.6) is 0 Å². The largest absolute Gasteiger partial charge is 0.481 e. The number of aromatic nitrogens is 1. The van der Waals surface area contributed by atoms with Crippen molar-refractivity contribution < 1.29 is 19.4 Å². The number of rotatable bonds is 3. The zero-order valence-electron chi connectivity index (χ0n) is 11.3. The van der Waals surface area contributed by atoms with E-state index in [4.69, 9.17) is 4.74 Å². The fourth-order valence-electron chi connectivity index (χ4n) is 2.02. The topological polar surface area (TPSA) is 101 Å². The van der Waals surface area contributed by atoms with Gasteiger partial charge in [-0.2, -0.15) is 0 Å². The number of carboxylic acids is 1. The molecule has 2 heterocycles. The van der Waals surface area contributed by atoms with Gasteiger partial charge < -0.3 is 20.5 Å². The Morgan fingerprint density at radius 1 is 1.55 bits per heavy atom. The Kier molecular flexibility index (Phi) is 3.89. The number of amides is 2. The molecule has 1 aliphatic rings. The highest BCUT2D eigenvalue weighted by atomic mass is 16.5. The van der Waals surface area contributed by atoms with Gasteiger partial charge in [0.2, 0.25) is 0 Å². The second-order valence-electron chi connectivity index (χ2n) is 5.03. The standard InChI is InChI=1S/C13H17N3O4/c1-8-9(4-3-5-14-8)15-12(19)16-10-6-20-7-13(10,2)11(17)18/h3-5,10H,6-7H2,1-2H3,(H,17,18)(H2,15,16,19). The molecule has 0 aliphatic carbocycles. The Hall–Kier alpha value is -2.15. The second-order valence-corrected chi connectivity index (χ2v) is 5.03. The SMILES string of the molecule is Cc1ncccc1NC(=O)NC1COCC1(C)C(=O)O. The van der Waals surface area contributed by atoms with Crippen LogP contribution in [0.4, 0.5) is 10.5 Å². The van der Waals surface area contributed by atoms with Crippen molar-refractivity contribution in [1.82, 2.24) is 10.3 Å². The Morgan fingerprint density at radius 3 is 2.95 bits per heavy atom. The minimum absolute atomic E-state index is 0.0825. The summed E-state index contributed by atoms with van der Waals surface area (Å²) in [6.45, 7) is 3.60. The van der Waals surface area contributed by atoms with Gasteiger partial charge >= 0.3 is 12.0 Å². The number of ether oxygens (including phenoxy) is 1. The maximum atomic E-state index is 11.9. The van der Waals surface area contributed by atoms with Gasteiger partial charge in [0, 0.05) is 6.20 Å². The predicted octanol–water partition coefficient (Wildman–Crippen LogP) is 1.00. The first-order chi connectivity index (χ1) is 9.43. The summed E-state index contributed by atoms with van der Waals surface area (Å²) in [5, 5.41) is 14.5. The first kappa shape index (κ1) is 14.3. The van der Waals surface area contributed by atoms with E-state index in [1.165, 1.54) is 0 Å². The third-order valence-corrected chi connectivity index (χ3v) is 3.50. The number of nitrogens with zero attached hydrogens (tertiary/aromatic N) is 1. The van der Waals surface area contributed by atoms with Crippen LogP contribution in [0.1, 0.15) is 12.6 Å². The molecule has 7 heteroatoms. The molecule has 1 aliphatic heterocycles. The third-order valence-electron chi connectivity index (χ3n) is 3.50. The number of carbonyl (C=O) groups is 2. The first-order valence-electron chi connectivity index (χ1n) is 6.24. The Balaban J connectivity index is 2.02. The molecule has 1 fully saturated rings. The van der Waals surface area contributed by atoms with Crippen LogP contribution in [-0.2, 0) is 9.53 Å². The molecular formula is C13H17N3O4. The molecule has 2 rings (SSSR count). The summed E-state index contributed by atoms with van der Waals surface area (Å²) in [7, 11) is 0. The average Bonchev–Trinajstić information content (AvgIpc) is 2.75. The van der Waals surface area contributed by atoms with Crippen LogP contribution < -0.4 is 10.6 Å². The third kappa shape index (κ3) is 2.72. The number of anilines is 1. The van der Waals surface area contributed by atoms with Crippen molar-refractivity contribution in [1.29, 1.82) is 0 Å². The molecule has 7 nitrogen and oxygen atoms in total. The molecule has 1 saturated heterocycles. The normalized spacial score (nSPS) is 25.2. The van der Waals surface area contributed by atoms with Gasteiger partial charge in [0.25, 0.3) is 0 Å². The van der Waals surface area contributed by atoms with E-state index < -0.39 is 23.5 Å². The molecule has 1 aromatic heterocycles. The molecule has 1 aromatic rings. The van der Waals surface area contributed by atoms with E-state index in [9.17, 15) is 14.7 Å². The van der Waals surface area contributed by atoms with Crippen molar-refractivity contribution in [2.24, 2.45) is 5.41 Å². The van der Waals surface area contributed by atoms with Gasteiger partial charge in [-0.25, -0.2) is 4.79 Å². The van der Waals surface area contributed by atoms with Crippen molar-refractivity contribution in [2.75, 3.05) is 18.5 Å². The summed E-state index contributed by atoms with van der Waals surface area (Å²) >= 11 is 0. The highest BCUT2D eigenvalue weighted by molar-refractivity contribution is 5.90. The number of carboxylic acid groups (broad SMARTS) is 1. The van der Waals surface area contributed by atoms with E-state index in [-0.39, 0.29) is 13.2 Å². The fraction of sp³-hybridized carbons (Fsp3) is 0.462. The lowest BCUT2D eigenvalue weighted by Crippen LogP contribution is -2.50. The lowest BCUT2D eigenvalue weighted by molar-refractivity contribution is -0.148. The number of aliphatic carboxylic acids is 1. The van der Waals surface area contributed by atoms with E-state index in [1.807, 2.05) is 0 Å². The van der Waals surface area contributed by atoms with Crippen molar-refractivity contribution in [2.45, 2.75) is 19.9 Å². The quantitative estimate of drug-likeness (QED) is 0.766. The van der Waals surface area contributed by atoms with Gasteiger partial charge in [0.15, 0.2) is 0 Å². The second kappa shape index (κ2) is 5.46. The number of pyridine rings is 1. The van der Waals surface area contributed by atoms with E-state index in [1.54, 1.807) is 32.2 Å². The van der Waals surface area contributed by atoms with Crippen LogP contribution in [0.15, 0.2) is 18.3 Å². The molecule has 0 spiro atoms. The van der Waals surface area contributed by atoms with Crippen molar-refractivity contribution >= 4 is 17.7 Å². The summed E-state index contributed by atoms with van der Waals surface area (Å²) in [5.41, 5.74) is 0.161. The number of hydrogen-bond acceptors (Lipinski definition) is 4. The van der Waals surface area contributed by atoms with Gasteiger partial charge in [-0.15, -0.1) is 0 Å². The molecule has 0 bridgehead atoms. The molecule has 0 aromatic carbocycles. The number of urea groups is 1.